The first-order valence-corrected chi connectivity index (χ1v) is 11.9. The summed E-state index contributed by atoms with van der Waals surface area (Å²) in [5.41, 5.74) is 0.741. The van der Waals surface area contributed by atoms with Crippen LogP contribution in [-0.2, 0) is 7.05 Å². The molecule has 0 bridgehead atoms. The second-order valence-electron chi connectivity index (χ2n) is 9.06. The molecule has 11 heteroatoms. The number of halogens is 4. The molecule has 0 radical (unpaired) electrons. The summed E-state index contributed by atoms with van der Waals surface area (Å²) in [6, 6.07) is 5.34. The summed E-state index contributed by atoms with van der Waals surface area (Å²) >= 11 is 6.19. The van der Waals surface area contributed by atoms with Gasteiger partial charge in [0.25, 0.3) is 5.56 Å². The monoisotopic (exact) mass is 530 g/mol. The van der Waals surface area contributed by atoms with Crippen molar-refractivity contribution >= 4 is 40.1 Å². The van der Waals surface area contributed by atoms with E-state index in [1.807, 2.05) is 11.0 Å². The van der Waals surface area contributed by atoms with Crippen LogP contribution in [0.3, 0.4) is 0 Å². The lowest BCUT2D eigenvalue weighted by Crippen LogP contribution is -2.32. The Morgan fingerprint density at radius 2 is 1.97 bits per heavy atom. The summed E-state index contributed by atoms with van der Waals surface area (Å²) in [5, 5.41) is 11.7. The van der Waals surface area contributed by atoms with Gasteiger partial charge in [-0.1, -0.05) is 35.9 Å². The Hall–Kier alpha value is -3.79. The van der Waals surface area contributed by atoms with Crippen molar-refractivity contribution in [2.45, 2.75) is 25.1 Å². The van der Waals surface area contributed by atoms with E-state index in [-0.39, 0.29) is 38.7 Å². The van der Waals surface area contributed by atoms with E-state index in [1.165, 1.54) is 47.5 Å². The second-order valence-corrected chi connectivity index (χ2v) is 9.50. The van der Waals surface area contributed by atoms with E-state index < -0.39 is 23.7 Å². The number of benzene rings is 2. The van der Waals surface area contributed by atoms with Gasteiger partial charge in [-0.25, -0.2) is 9.78 Å². The molecule has 2 heterocycles. The highest BCUT2D eigenvalue weighted by molar-refractivity contribution is 6.31. The smallest absolute Gasteiger partial charge is 0.412 e. The van der Waals surface area contributed by atoms with Crippen LogP contribution in [0.5, 0.6) is 0 Å². The number of carbonyl (C=O) groups is 1. The first-order valence-electron chi connectivity index (χ1n) is 11.5. The van der Waals surface area contributed by atoms with Gasteiger partial charge < -0.3 is 15.3 Å². The van der Waals surface area contributed by atoms with Crippen molar-refractivity contribution in [1.82, 2.24) is 9.55 Å². The lowest BCUT2D eigenvalue weighted by Gasteiger charge is -2.26. The molecule has 1 unspecified atom stereocenters. The minimum absolute atomic E-state index is 0.0619. The number of allylic oxidation sites excluding steroid dienone is 1. The lowest BCUT2D eigenvalue weighted by molar-refractivity contribution is -0.143. The molecule has 2 aliphatic rings. The molecule has 0 saturated heterocycles. The number of alkyl halides is 3. The molecule has 0 spiro atoms. The summed E-state index contributed by atoms with van der Waals surface area (Å²) in [6.07, 6.45) is 1.03. The average molecular weight is 531 g/mol. The van der Waals surface area contributed by atoms with Gasteiger partial charge in [0.15, 0.2) is 6.04 Å². The molecule has 0 saturated carbocycles. The Balaban J connectivity index is 1.67. The molecule has 5 rings (SSSR count). The van der Waals surface area contributed by atoms with E-state index in [2.05, 4.69) is 16.4 Å². The van der Waals surface area contributed by atoms with Gasteiger partial charge in [-0.15, -0.1) is 0 Å². The predicted octanol–water partition coefficient (Wildman–Crippen LogP) is 5.47. The van der Waals surface area contributed by atoms with Gasteiger partial charge in [-0.3, -0.25) is 9.36 Å². The highest BCUT2D eigenvalue weighted by Crippen LogP contribution is 2.40. The third kappa shape index (κ3) is 4.57. The maximum atomic E-state index is 14.5. The molecule has 2 aromatic carbocycles. The summed E-state index contributed by atoms with van der Waals surface area (Å²) in [7, 11) is 1.53. The van der Waals surface area contributed by atoms with Gasteiger partial charge >= 0.3 is 12.1 Å². The molecule has 3 aromatic rings. The molecule has 37 heavy (non-hydrogen) atoms. The molecule has 192 valence electrons. The van der Waals surface area contributed by atoms with Gasteiger partial charge in [0.2, 0.25) is 5.95 Å². The normalized spacial score (nSPS) is 16.3. The highest BCUT2D eigenvalue weighted by Gasteiger charge is 2.43. The standard InChI is InChI=1S/C26H22ClF3N4O3/c1-33-23(35)19-11-16(27)10-18(21(19)32-25(33)34-12-14-6-2-3-7-15(14)13-34)22(26(28,29)30)31-20-9-5-4-8-17(20)24(36)37/h2,4-6,8-11,22,31H,3,7,12-13H2,1H3,(H,36,37). The largest absolute Gasteiger partial charge is 0.478 e. The number of nitrogens with zero attached hydrogens (tertiary/aromatic N) is 3. The minimum atomic E-state index is -4.87. The fraction of sp³-hybridized carbons (Fsp3) is 0.269. The lowest BCUT2D eigenvalue weighted by atomic mass is 10.0. The van der Waals surface area contributed by atoms with Crippen molar-refractivity contribution in [2.24, 2.45) is 7.05 Å². The number of aromatic carboxylic acids is 1. The summed E-state index contributed by atoms with van der Waals surface area (Å²) in [6.45, 7) is 1.02. The number of rotatable bonds is 5. The molecule has 1 atom stereocenters. The third-order valence-electron chi connectivity index (χ3n) is 6.66. The number of aromatic nitrogens is 2. The molecule has 1 aliphatic carbocycles. The number of carboxylic acids is 1. The van der Waals surface area contributed by atoms with Crippen LogP contribution in [0.1, 0.15) is 34.8 Å². The van der Waals surface area contributed by atoms with E-state index in [1.54, 1.807) is 0 Å². The van der Waals surface area contributed by atoms with Crippen molar-refractivity contribution in [3.63, 3.8) is 0 Å². The van der Waals surface area contributed by atoms with Gasteiger partial charge in [-0.2, -0.15) is 13.2 Å². The summed E-state index contributed by atoms with van der Waals surface area (Å²) in [4.78, 5) is 31.4. The second kappa shape index (κ2) is 9.26. The molecule has 7 nitrogen and oxygen atoms in total. The van der Waals surface area contributed by atoms with E-state index in [0.29, 0.717) is 13.1 Å². The molecule has 1 aromatic heterocycles. The zero-order chi connectivity index (χ0) is 26.5. The van der Waals surface area contributed by atoms with Crippen LogP contribution in [-0.4, -0.2) is 39.9 Å². The van der Waals surface area contributed by atoms with Crippen molar-refractivity contribution in [2.75, 3.05) is 23.3 Å². The quantitative estimate of drug-likeness (QED) is 0.455. The van der Waals surface area contributed by atoms with Crippen LogP contribution < -0.4 is 15.8 Å². The van der Waals surface area contributed by atoms with Crippen LogP contribution in [0, 0.1) is 0 Å². The van der Waals surface area contributed by atoms with Gasteiger partial charge in [0.05, 0.1) is 16.5 Å². The van der Waals surface area contributed by atoms with Gasteiger partial charge in [-0.05, 0) is 48.3 Å². The van der Waals surface area contributed by atoms with E-state index in [9.17, 15) is 27.9 Å². The van der Waals surface area contributed by atoms with Crippen LogP contribution in [0.4, 0.5) is 24.8 Å². The maximum absolute atomic E-state index is 14.5. The van der Waals surface area contributed by atoms with E-state index in [4.69, 9.17) is 11.6 Å². The summed E-state index contributed by atoms with van der Waals surface area (Å²) < 4.78 is 44.8. The Bertz CT molecular complexity index is 1540. The van der Waals surface area contributed by atoms with Crippen molar-refractivity contribution in [3.8, 4) is 0 Å². The SMILES string of the molecule is Cn1c(N2CC3=C(CCC=C3)C2)nc2c(C(Nc3ccccc3C(=O)O)C(F)(F)F)cc(Cl)cc2c1=O. The van der Waals surface area contributed by atoms with Gasteiger partial charge in [0.1, 0.15) is 0 Å². The molecule has 1 aliphatic heterocycles. The Morgan fingerprint density at radius 3 is 2.68 bits per heavy atom. The van der Waals surface area contributed by atoms with Crippen LogP contribution in [0.25, 0.3) is 10.9 Å². The Kier molecular flexibility index (Phi) is 6.23. The van der Waals surface area contributed by atoms with Crippen molar-refractivity contribution in [1.29, 1.82) is 0 Å². The molecule has 0 amide bonds. The number of fused-ring (bicyclic) bond motifs is 1. The number of hydrogen-bond acceptors (Lipinski definition) is 5. The topological polar surface area (TPSA) is 87.5 Å². The molecule has 2 N–H and O–H groups in total. The number of para-hydroxylation sites is 1. The van der Waals surface area contributed by atoms with E-state index >= 15 is 0 Å². The highest BCUT2D eigenvalue weighted by atomic mass is 35.5. The minimum Gasteiger partial charge on any atom is -0.478 e. The predicted molar refractivity (Wildman–Crippen MR) is 135 cm³/mol. The summed E-state index contributed by atoms with van der Waals surface area (Å²) in [5.74, 6) is -1.13. The fourth-order valence-electron chi connectivity index (χ4n) is 4.88. The third-order valence-corrected chi connectivity index (χ3v) is 6.88. The molecular weight excluding hydrogens is 509 g/mol. The van der Waals surface area contributed by atoms with Crippen LogP contribution in [0.15, 0.2) is 64.5 Å². The molecule has 0 fully saturated rings. The fourth-order valence-corrected chi connectivity index (χ4v) is 5.11. The molecular formula is C26H22ClF3N4O3. The Morgan fingerprint density at radius 1 is 1.22 bits per heavy atom. The van der Waals surface area contributed by atoms with Crippen LogP contribution in [0.2, 0.25) is 5.02 Å². The van der Waals surface area contributed by atoms with E-state index in [0.717, 1.165) is 24.5 Å². The number of nitrogens with one attached hydrogen (secondary N) is 1. The van der Waals surface area contributed by atoms with Crippen molar-refractivity contribution in [3.05, 3.63) is 86.2 Å². The van der Waals surface area contributed by atoms with Gasteiger partial charge in [0, 0.05) is 36.4 Å². The maximum Gasteiger partial charge on any atom is 0.412 e. The number of hydrogen-bond donors (Lipinski definition) is 2. The first-order chi connectivity index (χ1) is 17.5. The van der Waals surface area contributed by atoms with Crippen molar-refractivity contribution < 1.29 is 23.1 Å². The van der Waals surface area contributed by atoms with Crippen LogP contribution >= 0.6 is 11.6 Å². The Labute approximate surface area is 214 Å². The zero-order valence-electron chi connectivity index (χ0n) is 19.6. The first kappa shape index (κ1) is 24.9. The zero-order valence-corrected chi connectivity index (χ0v) is 20.4. The number of carboxylic acid groups (broad SMARTS) is 1. The average Bonchev–Trinajstić information content (AvgIpc) is 3.28. The number of anilines is 2.